The summed E-state index contributed by atoms with van der Waals surface area (Å²) in [5, 5.41) is 7.85. The molecule has 1 aromatic carbocycles. The van der Waals surface area contributed by atoms with Gasteiger partial charge in [0.2, 0.25) is 5.66 Å². The highest BCUT2D eigenvalue weighted by atomic mass is 16.6. The van der Waals surface area contributed by atoms with Crippen LogP contribution in [0.3, 0.4) is 0 Å². The maximum atomic E-state index is 11.9. The third kappa shape index (κ3) is 4.01. The van der Waals surface area contributed by atoms with Gasteiger partial charge in [-0.15, -0.1) is 0 Å². The first-order valence-corrected chi connectivity index (χ1v) is 6.54. The highest BCUT2D eigenvalue weighted by Crippen LogP contribution is 2.38. The molecule has 0 aromatic heterocycles. The molecule has 0 unspecified atom stereocenters. The van der Waals surface area contributed by atoms with E-state index >= 15 is 0 Å². The monoisotopic (exact) mass is 290 g/mol. The molecule has 0 spiro atoms. The maximum Gasteiger partial charge on any atom is 0.426 e. The van der Waals surface area contributed by atoms with Crippen LogP contribution in [0.2, 0.25) is 0 Å². The Morgan fingerprint density at radius 2 is 1.67 bits per heavy atom. The zero-order valence-electron chi connectivity index (χ0n) is 12.4. The summed E-state index contributed by atoms with van der Waals surface area (Å²) in [5.41, 5.74) is 4.72. The Labute approximate surface area is 122 Å². The second-order valence-electron chi connectivity index (χ2n) is 5.88. The van der Waals surface area contributed by atoms with Gasteiger partial charge in [0, 0.05) is 11.1 Å². The Morgan fingerprint density at radius 1 is 1.10 bits per heavy atom. The van der Waals surface area contributed by atoms with Crippen molar-refractivity contribution in [3.63, 3.8) is 0 Å². The van der Waals surface area contributed by atoms with Crippen LogP contribution in [-0.2, 0) is 10.4 Å². The molecule has 1 aliphatic heterocycles. The molecule has 2 rings (SSSR count). The molecule has 0 aliphatic carbocycles. The van der Waals surface area contributed by atoms with Gasteiger partial charge in [0.05, 0.1) is 0 Å². The Bertz CT molecular complexity index is 581. The summed E-state index contributed by atoms with van der Waals surface area (Å²) in [7, 11) is 0. The molecule has 0 radical (unpaired) electrons. The number of carbonyl (C=O) groups is 2. The van der Waals surface area contributed by atoms with Crippen LogP contribution in [0.5, 0.6) is 0 Å². The van der Waals surface area contributed by atoms with Crippen molar-refractivity contribution in [2.45, 2.75) is 39.0 Å². The average molecular weight is 290 g/mol. The van der Waals surface area contributed by atoms with Crippen LogP contribution in [0.1, 0.15) is 43.6 Å². The first-order valence-electron chi connectivity index (χ1n) is 6.54. The fraction of sp³-hybridized carbons (Fsp3) is 0.429. The Morgan fingerprint density at radius 3 is 2.14 bits per heavy atom. The Kier molecular flexibility index (Phi) is 3.67. The van der Waals surface area contributed by atoms with Gasteiger partial charge in [-0.1, -0.05) is 12.1 Å². The van der Waals surface area contributed by atoms with Crippen molar-refractivity contribution in [2.24, 2.45) is 10.2 Å². The number of ether oxygens (including phenoxy) is 1. The second kappa shape index (κ2) is 5.16. The smallest absolute Gasteiger partial charge is 0.426 e. The third-order valence-electron chi connectivity index (χ3n) is 2.77. The summed E-state index contributed by atoms with van der Waals surface area (Å²) >= 11 is 0. The van der Waals surface area contributed by atoms with Crippen LogP contribution in [0.25, 0.3) is 0 Å². The normalized spacial score (nSPS) is 15.2. The van der Waals surface area contributed by atoms with E-state index in [-0.39, 0.29) is 0 Å². The molecule has 2 amide bonds. The van der Waals surface area contributed by atoms with Crippen LogP contribution < -0.4 is 10.9 Å². The van der Waals surface area contributed by atoms with Crippen LogP contribution in [0, 0.1) is 0 Å². The molecular weight excluding hydrogens is 272 g/mol. The first-order chi connectivity index (χ1) is 9.70. The zero-order chi connectivity index (χ0) is 15.7. The molecule has 0 saturated heterocycles. The maximum absolute atomic E-state index is 11.9. The van der Waals surface area contributed by atoms with Gasteiger partial charge < -0.3 is 4.74 Å². The van der Waals surface area contributed by atoms with E-state index in [1.165, 1.54) is 0 Å². The summed E-state index contributed by atoms with van der Waals surface area (Å²) in [6, 6.07) is 6.86. The molecule has 21 heavy (non-hydrogen) atoms. The van der Waals surface area contributed by atoms with Gasteiger partial charge in [-0.3, -0.25) is 10.2 Å². The quantitative estimate of drug-likeness (QED) is 0.819. The van der Waals surface area contributed by atoms with Gasteiger partial charge in [-0.25, -0.2) is 10.2 Å². The number of hydrogen-bond acceptors (Lipinski definition) is 5. The summed E-state index contributed by atoms with van der Waals surface area (Å²) in [4.78, 5) is 23.3. The number of hydrogen-bond donors (Lipinski definition) is 2. The van der Waals surface area contributed by atoms with Crippen molar-refractivity contribution < 1.29 is 14.3 Å². The van der Waals surface area contributed by atoms with Crippen molar-refractivity contribution in [1.29, 1.82) is 0 Å². The summed E-state index contributed by atoms with van der Waals surface area (Å²) in [5.74, 6) is -0.428. The van der Waals surface area contributed by atoms with Gasteiger partial charge in [0.15, 0.2) is 0 Å². The van der Waals surface area contributed by atoms with E-state index < -0.39 is 23.3 Å². The highest BCUT2D eigenvalue weighted by molar-refractivity contribution is 5.94. The van der Waals surface area contributed by atoms with Crippen molar-refractivity contribution in [3.8, 4) is 0 Å². The zero-order valence-corrected chi connectivity index (χ0v) is 12.4. The molecule has 0 bridgehead atoms. The first kappa shape index (κ1) is 15.0. The molecule has 2 N–H and O–H groups in total. The van der Waals surface area contributed by atoms with Gasteiger partial charge >= 0.3 is 6.09 Å². The number of rotatable bonds is 2. The van der Waals surface area contributed by atoms with E-state index in [2.05, 4.69) is 21.1 Å². The number of amides is 2. The van der Waals surface area contributed by atoms with Gasteiger partial charge in [0.25, 0.3) is 5.91 Å². The van der Waals surface area contributed by atoms with E-state index in [0.717, 1.165) is 5.56 Å². The number of nitrogens with zero attached hydrogens (tertiary/aromatic N) is 2. The van der Waals surface area contributed by atoms with Crippen molar-refractivity contribution in [3.05, 3.63) is 35.4 Å². The topological polar surface area (TPSA) is 92.2 Å². The molecule has 0 fully saturated rings. The molecule has 1 heterocycles. The Balaban J connectivity index is 1.87. The second-order valence-corrected chi connectivity index (χ2v) is 5.88. The molecule has 1 aliphatic rings. The minimum Gasteiger partial charge on any atom is -0.443 e. The van der Waals surface area contributed by atoms with Gasteiger partial charge in [0.1, 0.15) is 5.60 Å². The fourth-order valence-corrected chi connectivity index (χ4v) is 1.61. The molecular formula is C14H18N4O3. The van der Waals surface area contributed by atoms with Crippen molar-refractivity contribution >= 4 is 12.0 Å². The largest absolute Gasteiger partial charge is 0.443 e. The molecule has 112 valence electrons. The van der Waals surface area contributed by atoms with Crippen LogP contribution in [0.15, 0.2) is 34.5 Å². The molecule has 7 heteroatoms. The lowest BCUT2D eigenvalue weighted by molar-refractivity contribution is 0.0483. The van der Waals surface area contributed by atoms with E-state index in [1.54, 1.807) is 45.0 Å². The van der Waals surface area contributed by atoms with Gasteiger partial charge in [-0.05, 0) is 39.8 Å². The average Bonchev–Trinajstić information content (AvgIpc) is 3.13. The number of hydrazine groups is 1. The van der Waals surface area contributed by atoms with Crippen molar-refractivity contribution in [1.82, 2.24) is 10.9 Å². The Hall–Kier alpha value is -2.44. The number of nitrogens with one attached hydrogen (secondary N) is 2. The SMILES string of the molecule is CC(C)(C)OC(=O)NNC(=O)c1ccc(C2(C)N=N2)cc1. The van der Waals surface area contributed by atoms with Crippen molar-refractivity contribution in [2.75, 3.05) is 0 Å². The van der Waals surface area contributed by atoms with Gasteiger partial charge in [-0.2, -0.15) is 10.2 Å². The van der Waals surface area contributed by atoms with E-state index in [9.17, 15) is 9.59 Å². The third-order valence-corrected chi connectivity index (χ3v) is 2.77. The minimum atomic E-state index is -0.712. The highest BCUT2D eigenvalue weighted by Gasteiger charge is 2.35. The number of benzene rings is 1. The van der Waals surface area contributed by atoms with Crippen LogP contribution in [0.4, 0.5) is 4.79 Å². The predicted molar refractivity (Wildman–Crippen MR) is 75.5 cm³/mol. The summed E-state index contributed by atoms with van der Waals surface area (Å²) < 4.78 is 5.01. The van der Waals surface area contributed by atoms with Crippen LogP contribution >= 0.6 is 0 Å². The standard InChI is InChI=1S/C14H18N4O3/c1-13(2,3)21-12(20)16-15-11(19)9-5-7-10(8-6-9)14(4)17-18-14/h5-8H,1-4H3,(H,15,19)(H,16,20). The lowest BCUT2D eigenvalue weighted by Crippen LogP contribution is -2.44. The summed E-state index contributed by atoms with van der Waals surface area (Å²) in [6.07, 6.45) is -0.712. The number of carbonyl (C=O) groups excluding carboxylic acids is 2. The minimum absolute atomic E-state index is 0.416. The lowest BCUT2D eigenvalue weighted by Gasteiger charge is -2.19. The van der Waals surface area contributed by atoms with E-state index in [0.29, 0.717) is 5.56 Å². The molecule has 0 atom stereocenters. The fourth-order valence-electron chi connectivity index (χ4n) is 1.61. The molecule has 0 saturated carbocycles. The summed E-state index contributed by atoms with van der Waals surface area (Å²) in [6.45, 7) is 7.09. The molecule has 1 aromatic rings. The van der Waals surface area contributed by atoms with E-state index in [1.807, 2.05) is 6.92 Å². The molecule has 7 nitrogen and oxygen atoms in total. The van der Waals surface area contributed by atoms with Crippen LogP contribution in [-0.4, -0.2) is 17.6 Å². The lowest BCUT2D eigenvalue weighted by atomic mass is 10.0. The predicted octanol–water partition coefficient (Wildman–Crippen LogP) is 2.49. The van der Waals surface area contributed by atoms with E-state index in [4.69, 9.17) is 4.74 Å².